The fourth-order valence-corrected chi connectivity index (χ4v) is 4.31. The van der Waals surface area contributed by atoms with Gasteiger partial charge in [0.1, 0.15) is 11.9 Å². The van der Waals surface area contributed by atoms with Crippen molar-refractivity contribution in [1.29, 1.82) is 0 Å². The van der Waals surface area contributed by atoms with Gasteiger partial charge in [0, 0.05) is 0 Å². The SMILES string of the molecule is CCC(C(=O)NC(C)c1ccc(C)cc1)N(c1ccc(F)c(Cl)c1)S(C)(=O)=O. The Morgan fingerprint density at radius 2 is 1.82 bits per heavy atom. The van der Waals surface area contributed by atoms with Crippen LogP contribution in [0.5, 0.6) is 0 Å². The first kappa shape index (κ1) is 22.2. The highest BCUT2D eigenvalue weighted by atomic mass is 35.5. The number of sulfonamides is 1. The van der Waals surface area contributed by atoms with E-state index in [-0.39, 0.29) is 23.2 Å². The Hall–Kier alpha value is -2.12. The fraction of sp³-hybridized carbons (Fsp3) is 0.350. The summed E-state index contributed by atoms with van der Waals surface area (Å²) in [5.74, 6) is -1.11. The van der Waals surface area contributed by atoms with Crippen molar-refractivity contribution in [2.24, 2.45) is 0 Å². The van der Waals surface area contributed by atoms with Gasteiger partial charge in [-0.05, 0) is 44.0 Å². The first-order valence-electron chi connectivity index (χ1n) is 8.86. The number of carbonyl (C=O) groups is 1. The molecule has 0 aliphatic carbocycles. The lowest BCUT2D eigenvalue weighted by molar-refractivity contribution is -0.122. The largest absolute Gasteiger partial charge is 0.348 e. The number of halogens is 2. The van der Waals surface area contributed by atoms with Gasteiger partial charge in [0.2, 0.25) is 15.9 Å². The number of benzene rings is 2. The summed E-state index contributed by atoms with van der Waals surface area (Å²) in [6, 6.07) is 9.99. The van der Waals surface area contributed by atoms with Crippen LogP contribution in [0, 0.1) is 12.7 Å². The highest BCUT2D eigenvalue weighted by Crippen LogP contribution is 2.27. The van der Waals surface area contributed by atoms with E-state index in [0.29, 0.717) is 0 Å². The number of hydrogen-bond acceptors (Lipinski definition) is 3. The van der Waals surface area contributed by atoms with Crippen molar-refractivity contribution < 1.29 is 17.6 Å². The van der Waals surface area contributed by atoms with Gasteiger partial charge in [0.15, 0.2) is 0 Å². The summed E-state index contributed by atoms with van der Waals surface area (Å²) in [5.41, 5.74) is 2.15. The van der Waals surface area contributed by atoms with Crippen LogP contribution in [-0.2, 0) is 14.8 Å². The summed E-state index contributed by atoms with van der Waals surface area (Å²) in [4.78, 5) is 12.9. The maximum Gasteiger partial charge on any atom is 0.244 e. The van der Waals surface area contributed by atoms with Gasteiger partial charge < -0.3 is 5.32 Å². The van der Waals surface area contributed by atoms with E-state index in [9.17, 15) is 17.6 Å². The predicted octanol–water partition coefficient (Wildman–Crippen LogP) is 4.21. The van der Waals surface area contributed by atoms with E-state index in [0.717, 1.165) is 27.8 Å². The van der Waals surface area contributed by atoms with E-state index in [1.54, 1.807) is 6.92 Å². The summed E-state index contributed by atoms with van der Waals surface area (Å²) in [6.45, 7) is 5.51. The molecule has 0 spiro atoms. The zero-order chi connectivity index (χ0) is 21.1. The van der Waals surface area contributed by atoms with Gasteiger partial charge >= 0.3 is 0 Å². The third-order valence-corrected chi connectivity index (χ3v) is 5.89. The van der Waals surface area contributed by atoms with Crippen molar-refractivity contribution in [3.63, 3.8) is 0 Å². The van der Waals surface area contributed by atoms with E-state index in [2.05, 4.69) is 5.32 Å². The number of aryl methyl sites for hydroxylation is 1. The Bertz CT molecular complexity index is 948. The van der Waals surface area contributed by atoms with Crippen molar-refractivity contribution in [3.8, 4) is 0 Å². The standard InChI is InChI=1S/C20H24ClFN2O3S/c1-5-19(20(25)23-14(3)15-8-6-13(2)7-9-15)24(28(4,26)27)16-10-11-18(22)17(21)12-16/h6-12,14,19H,5H2,1-4H3,(H,23,25). The van der Waals surface area contributed by atoms with Gasteiger partial charge in [-0.1, -0.05) is 48.4 Å². The summed E-state index contributed by atoms with van der Waals surface area (Å²) in [5, 5.41) is 2.65. The molecule has 1 N–H and O–H groups in total. The lowest BCUT2D eigenvalue weighted by Crippen LogP contribution is -2.49. The van der Waals surface area contributed by atoms with E-state index >= 15 is 0 Å². The number of amides is 1. The van der Waals surface area contributed by atoms with Gasteiger partial charge in [-0.25, -0.2) is 12.8 Å². The normalized spacial score (nSPS) is 13.6. The Morgan fingerprint density at radius 3 is 2.32 bits per heavy atom. The van der Waals surface area contributed by atoms with Crippen molar-refractivity contribution in [2.45, 2.75) is 39.3 Å². The number of rotatable bonds is 7. The molecule has 0 saturated heterocycles. The van der Waals surface area contributed by atoms with Crippen LogP contribution < -0.4 is 9.62 Å². The molecule has 0 aliphatic heterocycles. The molecular formula is C20H24ClFN2O3S. The zero-order valence-electron chi connectivity index (χ0n) is 16.2. The van der Waals surface area contributed by atoms with Crippen LogP contribution in [0.15, 0.2) is 42.5 Å². The first-order chi connectivity index (χ1) is 13.0. The number of nitrogens with one attached hydrogen (secondary N) is 1. The van der Waals surface area contributed by atoms with Crippen LogP contribution in [0.4, 0.5) is 10.1 Å². The fourth-order valence-electron chi connectivity index (χ4n) is 2.93. The predicted molar refractivity (Wildman–Crippen MR) is 111 cm³/mol. The quantitative estimate of drug-likeness (QED) is 0.721. The van der Waals surface area contributed by atoms with Gasteiger partial charge in [0.25, 0.3) is 0 Å². The Kier molecular flexibility index (Phi) is 7.06. The van der Waals surface area contributed by atoms with E-state index in [1.807, 2.05) is 38.1 Å². The molecule has 8 heteroatoms. The molecule has 2 aromatic rings. The molecule has 0 radical (unpaired) electrons. The molecule has 0 heterocycles. The van der Waals surface area contributed by atoms with Gasteiger partial charge in [-0.15, -0.1) is 0 Å². The molecular weight excluding hydrogens is 403 g/mol. The van der Waals surface area contributed by atoms with Crippen molar-refractivity contribution in [2.75, 3.05) is 10.6 Å². The molecule has 2 atom stereocenters. The average molecular weight is 427 g/mol. The van der Waals surface area contributed by atoms with Gasteiger partial charge in [0.05, 0.1) is 23.0 Å². The molecule has 152 valence electrons. The maximum absolute atomic E-state index is 13.5. The number of carbonyl (C=O) groups excluding carboxylic acids is 1. The summed E-state index contributed by atoms with van der Waals surface area (Å²) in [6.07, 6.45) is 1.23. The average Bonchev–Trinajstić information content (AvgIpc) is 2.61. The van der Waals surface area contributed by atoms with Crippen LogP contribution in [0.2, 0.25) is 5.02 Å². The monoisotopic (exact) mass is 426 g/mol. The second kappa shape index (κ2) is 8.92. The third-order valence-electron chi connectivity index (χ3n) is 4.42. The highest BCUT2D eigenvalue weighted by molar-refractivity contribution is 7.92. The van der Waals surface area contributed by atoms with E-state index < -0.39 is 27.8 Å². The third kappa shape index (κ3) is 5.23. The van der Waals surface area contributed by atoms with Crippen molar-refractivity contribution in [1.82, 2.24) is 5.32 Å². The Labute approximate surface area is 170 Å². The van der Waals surface area contributed by atoms with Crippen molar-refractivity contribution in [3.05, 3.63) is 64.4 Å². The smallest absolute Gasteiger partial charge is 0.244 e. The minimum absolute atomic E-state index is 0.138. The second-order valence-electron chi connectivity index (χ2n) is 6.72. The Morgan fingerprint density at radius 1 is 1.21 bits per heavy atom. The lowest BCUT2D eigenvalue weighted by Gasteiger charge is -2.31. The molecule has 0 saturated carbocycles. The number of nitrogens with zero attached hydrogens (tertiary/aromatic N) is 1. The Balaban J connectivity index is 2.33. The molecule has 28 heavy (non-hydrogen) atoms. The van der Waals surface area contributed by atoms with Gasteiger partial charge in [-0.2, -0.15) is 0 Å². The topological polar surface area (TPSA) is 66.5 Å². The molecule has 1 amide bonds. The van der Waals surface area contributed by atoms with Gasteiger partial charge in [-0.3, -0.25) is 9.10 Å². The molecule has 0 aliphatic rings. The maximum atomic E-state index is 13.5. The zero-order valence-corrected chi connectivity index (χ0v) is 17.8. The minimum atomic E-state index is -3.82. The summed E-state index contributed by atoms with van der Waals surface area (Å²) >= 11 is 5.82. The first-order valence-corrected chi connectivity index (χ1v) is 11.1. The number of hydrogen-bond donors (Lipinski definition) is 1. The van der Waals surface area contributed by atoms with Crippen molar-refractivity contribution >= 4 is 33.2 Å². The lowest BCUT2D eigenvalue weighted by atomic mass is 10.1. The molecule has 2 rings (SSSR count). The van der Waals surface area contributed by atoms with Crippen LogP contribution in [0.25, 0.3) is 0 Å². The van der Waals surface area contributed by atoms with Crippen LogP contribution in [-0.4, -0.2) is 26.6 Å². The number of anilines is 1. The molecule has 2 unspecified atom stereocenters. The van der Waals surface area contributed by atoms with Crippen LogP contribution >= 0.6 is 11.6 Å². The molecule has 5 nitrogen and oxygen atoms in total. The second-order valence-corrected chi connectivity index (χ2v) is 8.99. The molecule has 0 fully saturated rings. The molecule has 2 aromatic carbocycles. The van der Waals surface area contributed by atoms with E-state index in [1.165, 1.54) is 12.1 Å². The highest BCUT2D eigenvalue weighted by Gasteiger charge is 2.32. The van der Waals surface area contributed by atoms with Crippen LogP contribution in [0.3, 0.4) is 0 Å². The molecule has 0 bridgehead atoms. The minimum Gasteiger partial charge on any atom is -0.348 e. The summed E-state index contributed by atoms with van der Waals surface area (Å²) < 4.78 is 39.4. The van der Waals surface area contributed by atoms with Crippen LogP contribution in [0.1, 0.15) is 37.4 Å². The molecule has 0 aromatic heterocycles. The van der Waals surface area contributed by atoms with E-state index in [4.69, 9.17) is 11.6 Å². The summed E-state index contributed by atoms with van der Waals surface area (Å²) in [7, 11) is -3.82.